The minimum atomic E-state index is -0.125. The fourth-order valence-electron chi connectivity index (χ4n) is 1.38. The van der Waals surface area contributed by atoms with Crippen LogP contribution in [-0.4, -0.2) is 54.0 Å². The van der Waals surface area contributed by atoms with Gasteiger partial charge in [0.1, 0.15) is 0 Å². The van der Waals surface area contributed by atoms with Crippen LogP contribution in [0, 0.1) is 0 Å². The summed E-state index contributed by atoms with van der Waals surface area (Å²) in [5.74, 6) is 0.0596. The Morgan fingerprint density at radius 2 is 2.20 bits per heavy atom. The molecule has 2 N–H and O–H groups in total. The van der Waals surface area contributed by atoms with Crippen LogP contribution in [0.3, 0.4) is 0 Å². The van der Waals surface area contributed by atoms with Crippen molar-refractivity contribution in [1.29, 1.82) is 0 Å². The largest absolute Gasteiger partial charge is 0.394 e. The predicted octanol–water partition coefficient (Wildman–Crippen LogP) is -0.262. The summed E-state index contributed by atoms with van der Waals surface area (Å²) in [4.78, 5) is 16.2. The molecular weight excluding hydrogens is 198 g/mol. The number of rotatable bonds is 4. The average molecular weight is 217 g/mol. The zero-order valence-electron chi connectivity index (χ0n) is 9.06. The molecule has 1 aliphatic rings. The van der Waals surface area contributed by atoms with E-state index in [0.717, 1.165) is 19.4 Å². The minimum Gasteiger partial charge on any atom is -0.394 e. The molecule has 0 aliphatic carbocycles. The third-order valence-electron chi connectivity index (χ3n) is 2.07. The van der Waals surface area contributed by atoms with Crippen molar-refractivity contribution in [3.63, 3.8) is 0 Å². The van der Waals surface area contributed by atoms with Crippen LogP contribution in [0.5, 0.6) is 0 Å². The Bertz CT molecular complexity index is 194. The van der Waals surface area contributed by atoms with E-state index in [1.165, 1.54) is 6.08 Å². The van der Waals surface area contributed by atoms with E-state index in [9.17, 15) is 4.79 Å². The number of hydrogen-bond donors (Lipinski definition) is 2. The maximum atomic E-state index is 11.1. The molecule has 1 heterocycles. The molecule has 0 aromatic heterocycles. The van der Waals surface area contributed by atoms with Gasteiger partial charge in [-0.25, -0.2) is 0 Å². The topological polar surface area (TPSA) is 70.0 Å². The fourth-order valence-corrected chi connectivity index (χ4v) is 1.38. The maximum absolute atomic E-state index is 11.1. The minimum absolute atomic E-state index is 0.0596. The highest BCUT2D eigenvalue weighted by Crippen LogP contribution is 2.17. The van der Waals surface area contributed by atoms with Crippen molar-refractivity contribution in [3.8, 4) is 0 Å². The van der Waals surface area contributed by atoms with E-state index in [4.69, 9.17) is 15.1 Å². The van der Waals surface area contributed by atoms with Crippen LogP contribution in [0.25, 0.3) is 0 Å². The highest BCUT2D eigenvalue weighted by Gasteiger charge is 2.28. The molecule has 88 valence electrons. The molecule has 0 aromatic rings. The lowest BCUT2D eigenvalue weighted by Gasteiger charge is -2.18. The second kappa shape index (κ2) is 8.55. The standard InChI is InChI=1S/C8H13NO2.C2H6O2/c1-3-8(10)7-5-4-6-9(7)11-2;3-1-2-4/h3,7H,1,4-6H2,2H3;3-4H,1-2H2. The van der Waals surface area contributed by atoms with Gasteiger partial charge in [0.25, 0.3) is 0 Å². The molecule has 0 saturated carbocycles. The smallest absolute Gasteiger partial charge is 0.174 e. The summed E-state index contributed by atoms with van der Waals surface area (Å²) in [6.45, 7) is 4.04. The Morgan fingerprint density at radius 1 is 1.60 bits per heavy atom. The molecule has 0 spiro atoms. The third-order valence-corrected chi connectivity index (χ3v) is 2.07. The molecule has 15 heavy (non-hydrogen) atoms. The summed E-state index contributed by atoms with van der Waals surface area (Å²) in [7, 11) is 1.59. The highest BCUT2D eigenvalue weighted by atomic mass is 16.7. The molecule has 1 atom stereocenters. The van der Waals surface area contributed by atoms with E-state index in [-0.39, 0.29) is 25.0 Å². The fraction of sp³-hybridized carbons (Fsp3) is 0.700. The summed E-state index contributed by atoms with van der Waals surface area (Å²) < 4.78 is 0. The Labute approximate surface area is 89.9 Å². The first kappa shape index (κ1) is 14.2. The Hall–Kier alpha value is -0.750. The van der Waals surface area contributed by atoms with Crippen LogP contribution in [-0.2, 0) is 9.63 Å². The summed E-state index contributed by atoms with van der Waals surface area (Å²) in [5, 5.41) is 17.0. The molecule has 0 amide bonds. The highest BCUT2D eigenvalue weighted by molar-refractivity contribution is 5.93. The van der Waals surface area contributed by atoms with Crippen LogP contribution >= 0.6 is 0 Å². The van der Waals surface area contributed by atoms with Crippen LogP contribution in [0.15, 0.2) is 12.7 Å². The molecule has 5 nitrogen and oxygen atoms in total. The van der Waals surface area contributed by atoms with Gasteiger partial charge in [0.2, 0.25) is 0 Å². The monoisotopic (exact) mass is 217 g/mol. The van der Waals surface area contributed by atoms with E-state index < -0.39 is 0 Å². The van der Waals surface area contributed by atoms with Crippen molar-refractivity contribution in [3.05, 3.63) is 12.7 Å². The van der Waals surface area contributed by atoms with Gasteiger partial charge in [-0.2, -0.15) is 5.06 Å². The second-order valence-corrected chi connectivity index (χ2v) is 3.03. The van der Waals surface area contributed by atoms with E-state index in [0.29, 0.717) is 0 Å². The molecule has 0 aromatic carbocycles. The number of ketones is 1. The van der Waals surface area contributed by atoms with Gasteiger partial charge in [-0.1, -0.05) is 6.58 Å². The quantitative estimate of drug-likeness (QED) is 0.635. The van der Waals surface area contributed by atoms with Crippen molar-refractivity contribution in [1.82, 2.24) is 5.06 Å². The first-order valence-electron chi connectivity index (χ1n) is 4.90. The second-order valence-electron chi connectivity index (χ2n) is 3.03. The SMILES string of the molecule is C=CC(=O)C1CCCN1OC.OCCO. The van der Waals surface area contributed by atoms with Crippen molar-refractivity contribution in [2.24, 2.45) is 0 Å². The molecule has 1 fully saturated rings. The van der Waals surface area contributed by atoms with Gasteiger partial charge in [-0.15, -0.1) is 0 Å². The van der Waals surface area contributed by atoms with Gasteiger partial charge in [-0.05, 0) is 18.9 Å². The third kappa shape index (κ3) is 5.03. The van der Waals surface area contributed by atoms with Crippen LogP contribution in [0.4, 0.5) is 0 Å². The lowest BCUT2D eigenvalue weighted by Crippen LogP contribution is -2.34. The van der Waals surface area contributed by atoms with E-state index >= 15 is 0 Å². The van der Waals surface area contributed by atoms with Gasteiger partial charge < -0.3 is 15.1 Å². The van der Waals surface area contributed by atoms with Crippen LogP contribution < -0.4 is 0 Å². The Balaban J connectivity index is 0.000000423. The van der Waals surface area contributed by atoms with Crippen molar-refractivity contribution in [2.75, 3.05) is 26.9 Å². The lowest BCUT2D eigenvalue weighted by atomic mass is 10.1. The molecular formula is C10H19NO4. The van der Waals surface area contributed by atoms with Crippen molar-refractivity contribution >= 4 is 5.78 Å². The molecule has 1 saturated heterocycles. The van der Waals surface area contributed by atoms with E-state index in [1.54, 1.807) is 12.2 Å². The zero-order valence-corrected chi connectivity index (χ0v) is 9.06. The summed E-state index contributed by atoms with van der Waals surface area (Å²) in [6, 6.07) is -0.0856. The predicted molar refractivity (Wildman–Crippen MR) is 56.1 cm³/mol. The van der Waals surface area contributed by atoms with E-state index in [2.05, 4.69) is 6.58 Å². The Morgan fingerprint density at radius 3 is 2.60 bits per heavy atom. The van der Waals surface area contributed by atoms with Crippen LogP contribution in [0.2, 0.25) is 0 Å². The number of aliphatic hydroxyl groups excluding tert-OH is 2. The normalized spacial score (nSPS) is 20.6. The van der Waals surface area contributed by atoms with Gasteiger partial charge in [0.05, 0.1) is 26.4 Å². The average Bonchev–Trinajstić information content (AvgIpc) is 2.76. The van der Waals surface area contributed by atoms with Gasteiger partial charge in [0.15, 0.2) is 5.78 Å². The van der Waals surface area contributed by atoms with Crippen molar-refractivity contribution in [2.45, 2.75) is 18.9 Å². The summed E-state index contributed by atoms with van der Waals surface area (Å²) in [5.41, 5.74) is 0. The lowest BCUT2D eigenvalue weighted by molar-refractivity contribution is -0.155. The van der Waals surface area contributed by atoms with Crippen molar-refractivity contribution < 1.29 is 19.8 Å². The number of carbonyl (C=O) groups excluding carboxylic acids is 1. The number of carbonyl (C=O) groups is 1. The van der Waals surface area contributed by atoms with E-state index in [1.807, 2.05) is 0 Å². The number of hydrogen-bond acceptors (Lipinski definition) is 5. The summed E-state index contributed by atoms with van der Waals surface area (Å²) in [6.07, 6.45) is 3.28. The number of hydroxylamine groups is 2. The maximum Gasteiger partial charge on any atom is 0.174 e. The van der Waals surface area contributed by atoms with Gasteiger partial charge >= 0.3 is 0 Å². The molecule has 1 unspecified atom stereocenters. The number of nitrogens with zero attached hydrogens (tertiary/aromatic N) is 1. The molecule has 1 rings (SSSR count). The zero-order chi connectivity index (χ0) is 11.7. The first-order chi connectivity index (χ1) is 7.21. The number of aliphatic hydroxyl groups is 2. The van der Waals surface area contributed by atoms with Gasteiger partial charge in [-0.3, -0.25) is 4.79 Å². The van der Waals surface area contributed by atoms with Gasteiger partial charge in [0, 0.05) is 6.54 Å². The van der Waals surface area contributed by atoms with Crippen LogP contribution in [0.1, 0.15) is 12.8 Å². The molecule has 1 aliphatic heterocycles. The molecule has 5 heteroatoms. The summed E-state index contributed by atoms with van der Waals surface area (Å²) >= 11 is 0. The Kier molecular flexibility index (Phi) is 8.12. The first-order valence-corrected chi connectivity index (χ1v) is 4.90. The molecule has 0 bridgehead atoms. The molecule has 0 radical (unpaired) electrons.